The first kappa shape index (κ1) is 10.4. The Labute approximate surface area is 93.4 Å². The average molecular weight is 221 g/mol. The second-order valence-electron chi connectivity index (χ2n) is 4.76. The Morgan fingerprint density at radius 3 is 2.53 bits per heavy atom. The summed E-state index contributed by atoms with van der Waals surface area (Å²) in [6.45, 7) is 8.33. The van der Waals surface area contributed by atoms with Crippen LogP contribution < -0.4 is 5.73 Å². The van der Waals surface area contributed by atoms with Gasteiger partial charge in [-0.3, -0.25) is 0 Å². The van der Waals surface area contributed by atoms with Crippen molar-refractivity contribution in [3.63, 3.8) is 0 Å². The molecule has 0 atom stereocenters. The zero-order valence-electron chi connectivity index (χ0n) is 9.46. The minimum Gasteiger partial charge on any atom is -0.383 e. The summed E-state index contributed by atoms with van der Waals surface area (Å²) in [5, 5.41) is 0.977. The first-order valence-electron chi connectivity index (χ1n) is 4.92. The van der Waals surface area contributed by atoms with Crippen molar-refractivity contribution in [2.75, 3.05) is 5.73 Å². The number of aryl methyl sites for hydroxylation is 1. The third kappa shape index (κ3) is 1.81. The molecule has 0 spiro atoms. The summed E-state index contributed by atoms with van der Waals surface area (Å²) in [5.41, 5.74) is 5.87. The van der Waals surface area contributed by atoms with Gasteiger partial charge in [0.25, 0.3) is 0 Å². The Bertz CT molecular complexity index is 508. The topological polar surface area (TPSA) is 51.8 Å². The minimum absolute atomic E-state index is 0.0554. The van der Waals surface area contributed by atoms with E-state index in [1.54, 1.807) is 11.3 Å². The molecule has 0 saturated heterocycles. The minimum atomic E-state index is -0.0554. The lowest BCUT2D eigenvalue weighted by Gasteiger charge is -2.16. The number of nitrogens with zero attached hydrogens (tertiary/aromatic N) is 2. The number of fused-ring (bicyclic) bond motifs is 1. The predicted molar refractivity (Wildman–Crippen MR) is 65.3 cm³/mol. The van der Waals surface area contributed by atoms with E-state index in [4.69, 9.17) is 5.73 Å². The molecule has 2 N–H and O–H groups in total. The van der Waals surface area contributed by atoms with Crippen molar-refractivity contribution >= 4 is 27.4 Å². The fraction of sp³-hybridized carbons (Fsp3) is 0.455. The SMILES string of the molecule is Cc1cc2c(N)nc(C(C)(C)C)nc2s1. The van der Waals surface area contributed by atoms with Crippen LogP contribution in [0, 0.1) is 6.92 Å². The molecule has 80 valence electrons. The number of anilines is 1. The van der Waals surface area contributed by atoms with Gasteiger partial charge in [0.05, 0.1) is 5.39 Å². The number of aromatic nitrogens is 2. The molecular weight excluding hydrogens is 206 g/mol. The van der Waals surface area contributed by atoms with Crippen LogP contribution in [0.1, 0.15) is 31.5 Å². The van der Waals surface area contributed by atoms with Crippen LogP contribution >= 0.6 is 11.3 Å². The first-order chi connectivity index (χ1) is 6.88. The molecule has 0 bridgehead atoms. The summed E-state index contributed by atoms with van der Waals surface area (Å²) in [5.74, 6) is 1.41. The van der Waals surface area contributed by atoms with Gasteiger partial charge in [-0.25, -0.2) is 9.97 Å². The summed E-state index contributed by atoms with van der Waals surface area (Å²) >= 11 is 1.67. The van der Waals surface area contributed by atoms with Crippen LogP contribution in [-0.2, 0) is 5.41 Å². The van der Waals surface area contributed by atoms with Gasteiger partial charge in [-0.15, -0.1) is 11.3 Å². The Kier molecular flexibility index (Phi) is 2.19. The summed E-state index contributed by atoms with van der Waals surface area (Å²) in [6, 6.07) is 2.04. The number of hydrogen-bond acceptors (Lipinski definition) is 4. The van der Waals surface area contributed by atoms with E-state index >= 15 is 0 Å². The Morgan fingerprint density at radius 1 is 1.27 bits per heavy atom. The van der Waals surface area contributed by atoms with Gasteiger partial charge >= 0.3 is 0 Å². The summed E-state index contributed by atoms with van der Waals surface area (Å²) in [6.07, 6.45) is 0. The molecule has 0 aliphatic rings. The molecule has 2 heterocycles. The van der Waals surface area contributed by atoms with Crippen LogP contribution in [0.15, 0.2) is 6.07 Å². The van der Waals surface area contributed by atoms with Gasteiger partial charge in [0.2, 0.25) is 0 Å². The zero-order chi connectivity index (χ0) is 11.2. The van der Waals surface area contributed by atoms with E-state index in [1.165, 1.54) is 4.88 Å². The van der Waals surface area contributed by atoms with Gasteiger partial charge in [0.15, 0.2) is 0 Å². The molecular formula is C11H15N3S. The van der Waals surface area contributed by atoms with Gasteiger partial charge < -0.3 is 5.73 Å². The fourth-order valence-corrected chi connectivity index (χ4v) is 2.29. The lowest BCUT2D eigenvalue weighted by atomic mass is 9.96. The number of rotatable bonds is 0. The number of nitrogens with two attached hydrogens (primary N) is 1. The van der Waals surface area contributed by atoms with E-state index in [0.717, 1.165) is 16.0 Å². The standard InChI is InChI=1S/C11H15N3S/c1-6-5-7-8(12)13-10(11(2,3)4)14-9(7)15-6/h5H,1-4H3,(H2,12,13,14). The molecule has 4 heteroatoms. The van der Waals surface area contributed by atoms with E-state index in [9.17, 15) is 0 Å². The second-order valence-corrected chi connectivity index (χ2v) is 5.99. The molecule has 2 aromatic heterocycles. The molecule has 0 unspecified atom stereocenters. The number of nitrogen functional groups attached to an aromatic ring is 1. The summed E-state index contributed by atoms with van der Waals surface area (Å²) < 4.78 is 0. The van der Waals surface area contributed by atoms with Crippen molar-refractivity contribution in [2.45, 2.75) is 33.1 Å². The summed E-state index contributed by atoms with van der Waals surface area (Å²) in [4.78, 5) is 11.1. The van der Waals surface area contributed by atoms with Crippen LogP contribution in [0.2, 0.25) is 0 Å². The second kappa shape index (κ2) is 3.17. The fourth-order valence-electron chi connectivity index (χ4n) is 1.40. The van der Waals surface area contributed by atoms with E-state index < -0.39 is 0 Å². The van der Waals surface area contributed by atoms with Gasteiger partial charge in [-0.2, -0.15) is 0 Å². The van der Waals surface area contributed by atoms with Crippen LogP contribution in [0.5, 0.6) is 0 Å². The normalized spacial score (nSPS) is 12.3. The van der Waals surface area contributed by atoms with E-state index in [0.29, 0.717) is 5.82 Å². The van der Waals surface area contributed by atoms with E-state index in [2.05, 4.69) is 37.7 Å². The molecule has 2 rings (SSSR count). The highest BCUT2D eigenvalue weighted by atomic mass is 32.1. The lowest BCUT2D eigenvalue weighted by Crippen LogP contribution is -2.16. The quantitative estimate of drug-likeness (QED) is 0.744. The Morgan fingerprint density at radius 2 is 1.93 bits per heavy atom. The monoisotopic (exact) mass is 221 g/mol. The molecule has 0 radical (unpaired) electrons. The molecule has 0 amide bonds. The molecule has 3 nitrogen and oxygen atoms in total. The highest BCUT2D eigenvalue weighted by molar-refractivity contribution is 7.18. The van der Waals surface area contributed by atoms with E-state index in [1.807, 2.05) is 6.07 Å². The largest absolute Gasteiger partial charge is 0.383 e. The summed E-state index contributed by atoms with van der Waals surface area (Å²) in [7, 11) is 0. The van der Waals surface area contributed by atoms with Gasteiger partial charge in [0.1, 0.15) is 16.5 Å². The number of hydrogen-bond donors (Lipinski definition) is 1. The van der Waals surface area contributed by atoms with Crippen molar-refractivity contribution in [3.05, 3.63) is 16.8 Å². The molecule has 0 saturated carbocycles. The van der Waals surface area contributed by atoms with Crippen LogP contribution in [-0.4, -0.2) is 9.97 Å². The van der Waals surface area contributed by atoms with Gasteiger partial charge in [0, 0.05) is 10.3 Å². The maximum atomic E-state index is 5.92. The molecule has 0 aromatic carbocycles. The van der Waals surface area contributed by atoms with Crippen molar-refractivity contribution < 1.29 is 0 Å². The van der Waals surface area contributed by atoms with Gasteiger partial charge in [-0.1, -0.05) is 20.8 Å². The van der Waals surface area contributed by atoms with E-state index in [-0.39, 0.29) is 5.41 Å². The molecule has 15 heavy (non-hydrogen) atoms. The first-order valence-corrected chi connectivity index (χ1v) is 5.74. The average Bonchev–Trinajstić information content (AvgIpc) is 2.44. The highest BCUT2D eigenvalue weighted by Crippen LogP contribution is 2.29. The van der Waals surface area contributed by atoms with Crippen molar-refractivity contribution in [1.82, 2.24) is 9.97 Å². The predicted octanol–water partition coefficient (Wildman–Crippen LogP) is 2.88. The number of thiophene rings is 1. The smallest absolute Gasteiger partial charge is 0.137 e. The third-order valence-corrected chi connectivity index (χ3v) is 3.16. The van der Waals surface area contributed by atoms with Crippen LogP contribution in [0.25, 0.3) is 10.2 Å². The highest BCUT2D eigenvalue weighted by Gasteiger charge is 2.19. The Hall–Kier alpha value is -1.16. The third-order valence-electron chi connectivity index (χ3n) is 2.22. The molecule has 0 aliphatic carbocycles. The van der Waals surface area contributed by atoms with Crippen molar-refractivity contribution in [1.29, 1.82) is 0 Å². The Balaban J connectivity index is 2.72. The molecule has 0 fully saturated rings. The maximum absolute atomic E-state index is 5.92. The van der Waals surface area contributed by atoms with Crippen molar-refractivity contribution in [3.8, 4) is 0 Å². The van der Waals surface area contributed by atoms with Crippen molar-refractivity contribution in [2.24, 2.45) is 0 Å². The van der Waals surface area contributed by atoms with Crippen LogP contribution in [0.4, 0.5) is 5.82 Å². The lowest BCUT2D eigenvalue weighted by molar-refractivity contribution is 0.550. The van der Waals surface area contributed by atoms with Crippen LogP contribution in [0.3, 0.4) is 0 Å². The maximum Gasteiger partial charge on any atom is 0.137 e. The molecule has 2 aromatic rings. The zero-order valence-corrected chi connectivity index (χ0v) is 10.3. The molecule has 0 aliphatic heterocycles. The van der Waals surface area contributed by atoms with Gasteiger partial charge in [-0.05, 0) is 13.0 Å².